The summed E-state index contributed by atoms with van der Waals surface area (Å²) >= 11 is 1.73. The summed E-state index contributed by atoms with van der Waals surface area (Å²) in [6, 6.07) is 2.69. The molecule has 2 aromatic rings. The van der Waals surface area contributed by atoms with Crippen molar-refractivity contribution in [2.45, 2.75) is 53.0 Å². The minimum absolute atomic E-state index is 0.334. The number of anilines is 2. The monoisotopic (exact) mass is 304 g/mol. The summed E-state index contributed by atoms with van der Waals surface area (Å²) in [4.78, 5) is 11.7. The zero-order valence-corrected chi connectivity index (χ0v) is 14.1. The van der Waals surface area contributed by atoms with Crippen molar-refractivity contribution in [3.63, 3.8) is 0 Å². The SMILES string of the molecule is CCNc1nc(NC2CCCC2(C)C)c2cc(C)sc2n1. The Morgan fingerprint density at radius 2 is 2.19 bits per heavy atom. The van der Waals surface area contributed by atoms with Gasteiger partial charge in [0.2, 0.25) is 5.95 Å². The average molecular weight is 304 g/mol. The number of nitrogens with zero attached hydrogens (tertiary/aromatic N) is 2. The van der Waals surface area contributed by atoms with Gasteiger partial charge < -0.3 is 10.6 Å². The second-order valence-corrected chi connectivity index (χ2v) is 7.81. The molecule has 2 heterocycles. The molecule has 0 spiro atoms. The van der Waals surface area contributed by atoms with E-state index in [4.69, 9.17) is 4.98 Å². The fourth-order valence-electron chi connectivity index (χ4n) is 3.15. The van der Waals surface area contributed by atoms with Gasteiger partial charge in [0.05, 0.1) is 5.39 Å². The molecule has 5 heteroatoms. The summed E-state index contributed by atoms with van der Waals surface area (Å²) in [5.74, 6) is 1.71. The van der Waals surface area contributed by atoms with E-state index < -0.39 is 0 Å². The number of aryl methyl sites for hydroxylation is 1. The van der Waals surface area contributed by atoms with Crippen LogP contribution in [-0.4, -0.2) is 22.6 Å². The smallest absolute Gasteiger partial charge is 0.226 e. The van der Waals surface area contributed by atoms with Gasteiger partial charge in [0, 0.05) is 17.5 Å². The Morgan fingerprint density at radius 3 is 2.86 bits per heavy atom. The molecule has 0 bridgehead atoms. The van der Waals surface area contributed by atoms with Crippen molar-refractivity contribution in [1.29, 1.82) is 0 Å². The van der Waals surface area contributed by atoms with E-state index in [1.54, 1.807) is 11.3 Å². The van der Waals surface area contributed by atoms with Gasteiger partial charge in [-0.25, -0.2) is 4.98 Å². The van der Waals surface area contributed by atoms with Gasteiger partial charge in [0.1, 0.15) is 10.6 Å². The van der Waals surface area contributed by atoms with Gasteiger partial charge in [-0.15, -0.1) is 11.3 Å². The third kappa shape index (κ3) is 2.84. The molecular weight excluding hydrogens is 280 g/mol. The summed E-state index contributed by atoms with van der Waals surface area (Å²) in [5.41, 5.74) is 0.334. The van der Waals surface area contributed by atoms with Gasteiger partial charge in [-0.05, 0) is 38.2 Å². The number of nitrogens with one attached hydrogen (secondary N) is 2. The fraction of sp³-hybridized carbons (Fsp3) is 0.625. The first-order chi connectivity index (χ1) is 9.99. The summed E-state index contributed by atoms with van der Waals surface area (Å²) in [6.07, 6.45) is 3.79. The Kier molecular flexibility index (Phi) is 3.78. The molecule has 114 valence electrons. The quantitative estimate of drug-likeness (QED) is 0.877. The lowest BCUT2D eigenvalue weighted by atomic mass is 9.87. The maximum Gasteiger partial charge on any atom is 0.226 e. The number of thiophene rings is 1. The van der Waals surface area contributed by atoms with Crippen molar-refractivity contribution in [2.75, 3.05) is 17.2 Å². The van der Waals surface area contributed by atoms with E-state index in [2.05, 4.69) is 49.4 Å². The first-order valence-electron chi connectivity index (χ1n) is 7.78. The van der Waals surface area contributed by atoms with Crippen molar-refractivity contribution < 1.29 is 0 Å². The topological polar surface area (TPSA) is 49.8 Å². The molecule has 21 heavy (non-hydrogen) atoms. The lowest BCUT2D eigenvalue weighted by Gasteiger charge is -2.28. The molecule has 0 radical (unpaired) electrons. The number of rotatable bonds is 4. The molecule has 0 saturated heterocycles. The van der Waals surface area contributed by atoms with Crippen LogP contribution in [0, 0.1) is 12.3 Å². The third-order valence-electron chi connectivity index (χ3n) is 4.42. The standard InChI is InChI=1S/C16H24N4S/c1-5-17-15-19-13(11-9-10(2)21-14(11)20-15)18-12-7-6-8-16(12,3)4/h9,12H,5-8H2,1-4H3,(H2,17,18,19,20). The molecule has 1 aliphatic rings. The van der Waals surface area contributed by atoms with Crippen LogP contribution in [0.5, 0.6) is 0 Å². The summed E-state index contributed by atoms with van der Waals surface area (Å²) in [7, 11) is 0. The molecule has 1 fully saturated rings. The first-order valence-corrected chi connectivity index (χ1v) is 8.60. The Hall–Kier alpha value is -1.36. The molecule has 1 atom stereocenters. The molecular formula is C16H24N4S. The Morgan fingerprint density at radius 1 is 1.38 bits per heavy atom. The maximum atomic E-state index is 4.71. The van der Waals surface area contributed by atoms with Crippen LogP contribution in [0.1, 0.15) is 44.9 Å². The Bertz CT molecular complexity index is 647. The molecule has 0 aliphatic heterocycles. The van der Waals surface area contributed by atoms with Gasteiger partial charge in [0.15, 0.2) is 0 Å². The highest BCUT2D eigenvalue weighted by Crippen LogP contribution is 2.40. The molecule has 4 nitrogen and oxygen atoms in total. The van der Waals surface area contributed by atoms with Crippen LogP contribution in [0.2, 0.25) is 0 Å². The van der Waals surface area contributed by atoms with E-state index >= 15 is 0 Å². The summed E-state index contributed by atoms with van der Waals surface area (Å²) in [5, 5.41) is 8.10. The molecule has 1 aliphatic carbocycles. The Labute approximate surface area is 130 Å². The van der Waals surface area contributed by atoms with Crippen LogP contribution in [0.15, 0.2) is 6.07 Å². The Balaban J connectivity index is 1.99. The zero-order valence-electron chi connectivity index (χ0n) is 13.3. The van der Waals surface area contributed by atoms with Crippen molar-refractivity contribution in [2.24, 2.45) is 5.41 Å². The lowest BCUT2D eigenvalue weighted by Crippen LogP contribution is -2.31. The predicted molar refractivity (Wildman–Crippen MR) is 91.4 cm³/mol. The molecule has 0 amide bonds. The van der Waals surface area contributed by atoms with E-state index in [1.807, 2.05) is 0 Å². The van der Waals surface area contributed by atoms with E-state index in [0.29, 0.717) is 11.5 Å². The van der Waals surface area contributed by atoms with Crippen LogP contribution in [0.25, 0.3) is 10.2 Å². The summed E-state index contributed by atoms with van der Waals surface area (Å²) < 4.78 is 0. The van der Waals surface area contributed by atoms with E-state index in [0.717, 1.165) is 28.5 Å². The van der Waals surface area contributed by atoms with Gasteiger partial charge >= 0.3 is 0 Å². The lowest BCUT2D eigenvalue weighted by molar-refractivity contribution is 0.349. The number of hydrogen-bond donors (Lipinski definition) is 2. The molecule has 2 aromatic heterocycles. The normalized spacial score (nSPS) is 20.9. The van der Waals surface area contributed by atoms with E-state index in [-0.39, 0.29) is 0 Å². The highest BCUT2D eigenvalue weighted by Gasteiger charge is 2.35. The van der Waals surface area contributed by atoms with Gasteiger partial charge in [-0.2, -0.15) is 4.98 Å². The zero-order chi connectivity index (χ0) is 15.0. The molecule has 3 rings (SSSR count). The second kappa shape index (κ2) is 5.44. The van der Waals surface area contributed by atoms with Crippen LogP contribution < -0.4 is 10.6 Å². The largest absolute Gasteiger partial charge is 0.366 e. The molecule has 2 N–H and O–H groups in total. The third-order valence-corrected chi connectivity index (χ3v) is 5.36. The number of fused-ring (bicyclic) bond motifs is 1. The molecule has 1 saturated carbocycles. The van der Waals surface area contributed by atoms with Gasteiger partial charge in [-0.1, -0.05) is 20.3 Å². The average Bonchev–Trinajstić information content (AvgIpc) is 2.92. The van der Waals surface area contributed by atoms with Gasteiger partial charge in [-0.3, -0.25) is 0 Å². The summed E-state index contributed by atoms with van der Waals surface area (Å²) in [6.45, 7) is 9.73. The van der Waals surface area contributed by atoms with Crippen molar-refractivity contribution in [3.8, 4) is 0 Å². The van der Waals surface area contributed by atoms with Gasteiger partial charge in [0.25, 0.3) is 0 Å². The predicted octanol–water partition coefficient (Wildman–Crippen LogP) is 4.42. The number of aromatic nitrogens is 2. The minimum atomic E-state index is 0.334. The van der Waals surface area contributed by atoms with Crippen LogP contribution in [0.3, 0.4) is 0 Å². The highest BCUT2D eigenvalue weighted by molar-refractivity contribution is 7.18. The highest BCUT2D eigenvalue weighted by atomic mass is 32.1. The van der Waals surface area contributed by atoms with Crippen LogP contribution >= 0.6 is 11.3 Å². The maximum absolute atomic E-state index is 4.71. The second-order valence-electron chi connectivity index (χ2n) is 6.58. The van der Waals surface area contributed by atoms with Crippen LogP contribution in [0.4, 0.5) is 11.8 Å². The van der Waals surface area contributed by atoms with E-state index in [9.17, 15) is 0 Å². The van der Waals surface area contributed by atoms with Crippen molar-refractivity contribution in [1.82, 2.24) is 9.97 Å². The molecule has 0 aromatic carbocycles. The number of hydrogen-bond acceptors (Lipinski definition) is 5. The van der Waals surface area contributed by atoms with E-state index in [1.165, 1.54) is 24.1 Å². The molecule has 1 unspecified atom stereocenters. The van der Waals surface area contributed by atoms with Crippen molar-refractivity contribution >= 4 is 33.3 Å². The first kappa shape index (κ1) is 14.6. The van der Waals surface area contributed by atoms with Crippen LogP contribution in [-0.2, 0) is 0 Å². The minimum Gasteiger partial charge on any atom is -0.366 e. The van der Waals surface area contributed by atoms with Crippen molar-refractivity contribution in [3.05, 3.63) is 10.9 Å². The fourth-order valence-corrected chi connectivity index (χ4v) is 4.03.